The molecule has 2 aromatic heterocycles. The monoisotopic (exact) mass is 381 g/mol. The van der Waals surface area contributed by atoms with Crippen LogP contribution < -0.4 is 5.32 Å². The number of aromatic nitrogens is 3. The molecule has 1 N–H and O–H groups in total. The number of carbonyl (C=O) groups excluding carboxylic acids is 1. The second-order valence-corrected chi connectivity index (χ2v) is 8.55. The molecule has 3 rings (SSSR count). The van der Waals surface area contributed by atoms with Crippen molar-refractivity contribution in [1.29, 1.82) is 5.26 Å². The number of aryl methyl sites for hydroxylation is 1. The van der Waals surface area contributed by atoms with Crippen molar-refractivity contribution in [1.82, 2.24) is 19.9 Å². The number of nitriles is 1. The Balaban J connectivity index is 1.92. The number of fused-ring (bicyclic) bond motifs is 3. The molecule has 7 heteroatoms. The molecule has 0 fully saturated rings. The Kier molecular flexibility index (Phi) is 5.11. The molecule has 1 aromatic carbocycles. The van der Waals surface area contributed by atoms with Crippen LogP contribution in [0.25, 0.3) is 16.6 Å². The second-order valence-electron chi connectivity index (χ2n) is 7.24. The molecule has 0 bridgehead atoms. The highest BCUT2D eigenvalue weighted by Crippen LogP contribution is 2.28. The molecule has 0 unspecified atom stereocenters. The van der Waals surface area contributed by atoms with Crippen LogP contribution in [0.4, 0.5) is 0 Å². The van der Waals surface area contributed by atoms with Gasteiger partial charge < -0.3 is 5.32 Å². The van der Waals surface area contributed by atoms with Gasteiger partial charge in [-0.15, -0.1) is 10.2 Å². The highest BCUT2D eigenvalue weighted by Gasteiger charge is 2.32. The summed E-state index contributed by atoms with van der Waals surface area (Å²) in [5.74, 6) is -0.185. The lowest BCUT2D eigenvalue weighted by molar-refractivity contribution is -0.121. The van der Waals surface area contributed by atoms with E-state index in [4.69, 9.17) is 0 Å². The Morgan fingerprint density at radius 2 is 2.00 bits per heavy atom. The highest BCUT2D eigenvalue weighted by molar-refractivity contribution is 8.00. The summed E-state index contributed by atoms with van der Waals surface area (Å²) in [4.78, 5) is 12.7. The summed E-state index contributed by atoms with van der Waals surface area (Å²) >= 11 is 1.34. The smallest absolute Gasteiger partial charge is 0.234 e. The summed E-state index contributed by atoms with van der Waals surface area (Å²) < 4.78 is 1.97. The Morgan fingerprint density at radius 3 is 2.67 bits per heavy atom. The first-order chi connectivity index (χ1) is 12.8. The predicted molar refractivity (Wildman–Crippen MR) is 108 cm³/mol. The van der Waals surface area contributed by atoms with Crippen LogP contribution >= 0.6 is 11.8 Å². The van der Waals surface area contributed by atoms with E-state index in [9.17, 15) is 10.1 Å². The number of thioether (sulfide) groups is 1. The molecule has 6 nitrogen and oxygen atoms in total. The van der Waals surface area contributed by atoms with E-state index in [2.05, 4.69) is 34.6 Å². The fourth-order valence-corrected chi connectivity index (χ4v) is 3.69. The molecular weight excluding hydrogens is 358 g/mol. The lowest BCUT2D eigenvalue weighted by atomic mass is 9.90. The lowest BCUT2D eigenvalue weighted by Crippen LogP contribution is -2.51. The van der Waals surface area contributed by atoms with Gasteiger partial charge in [0.05, 0.1) is 16.8 Å². The van der Waals surface area contributed by atoms with Gasteiger partial charge in [0.1, 0.15) is 5.54 Å². The van der Waals surface area contributed by atoms with E-state index in [1.807, 2.05) is 49.4 Å². The standard InChI is InChI=1S/C20H23N5OS/c1-12(2)20(5,11-21)22-18(26)14(4)27-19-24-23-17-10-13(3)15-8-6-7-9-16(15)25(17)19/h6-10,12,14H,1-5H3,(H,22,26)/t14-,20+/m0/s1. The molecular formula is C20H23N5OS. The number of para-hydroxylation sites is 1. The first kappa shape index (κ1) is 19.2. The molecule has 0 aliphatic rings. The largest absolute Gasteiger partial charge is 0.337 e. The molecule has 0 saturated heterocycles. The summed E-state index contributed by atoms with van der Waals surface area (Å²) in [5.41, 5.74) is 2.00. The third-order valence-electron chi connectivity index (χ3n) is 5.00. The molecule has 2 atom stereocenters. The molecule has 140 valence electrons. The zero-order valence-electron chi connectivity index (χ0n) is 16.1. The summed E-state index contributed by atoms with van der Waals surface area (Å²) in [6.07, 6.45) is 0. The van der Waals surface area contributed by atoms with Gasteiger partial charge in [-0.3, -0.25) is 9.20 Å². The zero-order valence-corrected chi connectivity index (χ0v) is 17.0. The van der Waals surface area contributed by atoms with Crippen LogP contribution in [0.15, 0.2) is 35.5 Å². The van der Waals surface area contributed by atoms with Crippen molar-refractivity contribution in [2.24, 2.45) is 5.92 Å². The molecule has 27 heavy (non-hydrogen) atoms. The van der Waals surface area contributed by atoms with E-state index >= 15 is 0 Å². The van der Waals surface area contributed by atoms with Crippen molar-refractivity contribution in [3.05, 3.63) is 35.9 Å². The molecule has 2 heterocycles. The van der Waals surface area contributed by atoms with Crippen LogP contribution in [0.2, 0.25) is 0 Å². The van der Waals surface area contributed by atoms with Gasteiger partial charge in [0, 0.05) is 5.39 Å². The summed E-state index contributed by atoms with van der Waals surface area (Å²) in [7, 11) is 0. The fourth-order valence-electron chi connectivity index (χ4n) is 2.82. The maximum absolute atomic E-state index is 12.7. The zero-order chi connectivity index (χ0) is 19.8. The molecule has 0 radical (unpaired) electrons. The fraction of sp³-hybridized carbons (Fsp3) is 0.400. The van der Waals surface area contributed by atoms with Crippen molar-refractivity contribution in [3.63, 3.8) is 0 Å². The van der Waals surface area contributed by atoms with Gasteiger partial charge in [0.2, 0.25) is 5.91 Å². The van der Waals surface area contributed by atoms with Gasteiger partial charge in [0.15, 0.2) is 10.8 Å². The molecule has 0 aliphatic heterocycles. The van der Waals surface area contributed by atoms with E-state index in [1.54, 1.807) is 6.92 Å². The van der Waals surface area contributed by atoms with Crippen LogP contribution in [-0.2, 0) is 4.79 Å². The van der Waals surface area contributed by atoms with Crippen molar-refractivity contribution in [2.45, 2.75) is 50.6 Å². The quantitative estimate of drug-likeness (QED) is 0.681. The normalized spacial score (nSPS) is 14.9. The average molecular weight is 382 g/mol. The Labute approximate surface area is 163 Å². The minimum absolute atomic E-state index is 0.00416. The minimum Gasteiger partial charge on any atom is -0.337 e. The number of hydrogen-bond acceptors (Lipinski definition) is 5. The number of pyridine rings is 1. The highest BCUT2D eigenvalue weighted by atomic mass is 32.2. The number of benzene rings is 1. The molecule has 3 aromatic rings. The topological polar surface area (TPSA) is 83.1 Å². The Morgan fingerprint density at radius 1 is 1.30 bits per heavy atom. The van der Waals surface area contributed by atoms with Gasteiger partial charge >= 0.3 is 0 Å². The third-order valence-corrected chi connectivity index (χ3v) is 6.04. The van der Waals surface area contributed by atoms with Crippen LogP contribution in [-0.4, -0.2) is 31.3 Å². The van der Waals surface area contributed by atoms with Crippen LogP contribution in [0.1, 0.15) is 33.3 Å². The predicted octanol–water partition coefficient (Wildman–Crippen LogP) is 3.73. The number of hydrogen-bond donors (Lipinski definition) is 1. The summed E-state index contributed by atoms with van der Waals surface area (Å²) in [5, 5.41) is 22.2. The first-order valence-electron chi connectivity index (χ1n) is 8.90. The summed E-state index contributed by atoms with van der Waals surface area (Å²) in [6.45, 7) is 9.45. The molecule has 0 spiro atoms. The average Bonchev–Trinajstić information content (AvgIpc) is 3.04. The van der Waals surface area contributed by atoms with Crippen LogP contribution in [0, 0.1) is 24.2 Å². The van der Waals surface area contributed by atoms with Gasteiger partial charge in [0.25, 0.3) is 0 Å². The number of rotatable bonds is 5. The minimum atomic E-state index is -0.900. The van der Waals surface area contributed by atoms with Crippen molar-refractivity contribution >= 4 is 34.2 Å². The van der Waals surface area contributed by atoms with E-state index in [0.717, 1.165) is 22.1 Å². The molecule has 0 aliphatic carbocycles. The van der Waals surface area contributed by atoms with Gasteiger partial charge in [-0.25, -0.2) is 0 Å². The van der Waals surface area contributed by atoms with Crippen molar-refractivity contribution in [3.8, 4) is 6.07 Å². The second kappa shape index (κ2) is 7.20. The van der Waals surface area contributed by atoms with Crippen molar-refractivity contribution in [2.75, 3.05) is 0 Å². The number of nitrogens with zero attached hydrogens (tertiary/aromatic N) is 4. The maximum atomic E-state index is 12.7. The maximum Gasteiger partial charge on any atom is 0.234 e. The number of carbonyl (C=O) groups is 1. The summed E-state index contributed by atoms with van der Waals surface area (Å²) in [6, 6.07) is 12.3. The van der Waals surface area contributed by atoms with Crippen molar-refractivity contribution < 1.29 is 4.79 Å². The lowest BCUT2D eigenvalue weighted by Gasteiger charge is -2.28. The Hall–Kier alpha value is -2.59. The van der Waals surface area contributed by atoms with Crippen LogP contribution in [0.3, 0.4) is 0 Å². The van der Waals surface area contributed by atoms with E-state index in [1.165, 1.54) is 11.8 Å². The molecule has 1 amide bonds. The number of amides is 1. The third kappa shape index (κ3) is 3.50. The number of nitrogens with one attached hydrogen (secondary N) is 1. The van der Waals surface area contributed by atoms with E-state index in [0.29, 0.717) is 5.16 Å². The van der Waals surface area contributed by atoms with Gasteiger partial charge in [-0.05, 0) is 44.4 Å². The van der Waals surface area contributed by atoms with E-state index < -0.39 is 10.8 Å². The molecule has 0 saturated carbocycles. The van der Waals surface area contributed by atoms with Gasteiger partial charge in [-0.2, -0.15) is 5.26 Å². The van der Waals surface area contributed by atoms with E-state index in [-0.39, 0.29) is 11.8 Å². The Bertz CT molecular complexity index is 1050. The first-order valence-corrected chi connectivity index (χ1v) is 9.78. The SMILES string of the molecule is Cc1cc2nnc(S[C@@H](C)C(=O)N[C@](C)(C#N)C(C)C)n2c2ccccc12. The van der Waals surface area contributed by atoms with Crippen LogP contribution in [0.5, 0.6) is 0 Å². The van der Waals surface area contributed by atoms with Gasteiger partial charge in [-0.1, -0.05) is 43.8 Å².